The molecule has 2 heteroatoms. The van der Waals surface area contributed by atoms with Crippen molar-refractivity contribution in [1.29, 1.82) is 0 Å². The van der Waals surface area contributed by atoms with Crippen molar-refractivity contribution in [3.8, 4) is 11.3 Å². The number of nitrogens with zero attached hydrogens (tertiary/aromatic N) is 2. The third-order valence-electron chi connectivity index (χ3n) is 4.53. The molecule has 2 heterocycles. The first-order valence-corrected chi connectivity index (χ1v) is 7.74. The van der Waals surface area contributed by atoms with Crippen molar-refractivity contribution in [3.63, 3.8) is 0 Å². The van der Waals surface area contributed by atoms with E-state index in [1.165, 1.54) is 23.2 Å². The van der Waals surface area contributed by atoms with Crippen LogP contribution in [0.2, 0.25) is 0 Å². The molecule has 21 heavy (non-hydrogen) atoms. The first kappa shape index (κ1) is 14.1. The van der Waals surface area contributed by atoms with Gasteiger partial charge in [-0.25, -0.2) is 0 Å². The summed E-state index contributed by atoms with van der Waals surface area (Å²) in [6, 6.07) is 13.1. The molecule has 0 N–H and O–H groups in total. The van der Waals surface area contributed by atoms with E-state index in [1.54, 1.807) is 0 Å². The Hall–Kier alpha value is -1.83. The number of anilines is 1. The van der Waals surface area contributed by atoms with Crippen molar-refractivity contribution in [2.75, 3.05) is 18.0 Å². The summed E-state index contributed by atoms with van der Waals surface area (Å²) in [7, 11) is 0. The standard InChI is InChI=1S/C19H24N2/c1-14-8-9-18(20-15(14)2)16-6-5-7-17(12-16)21-11-10-19(3,4)13-21/h5-9,12H,10-11,13H2,1-4H3. The van der Waals surface area contributed by atoms with Gasteiger partial charge < -0.3 is 4.90 Å². The van der Waals surface area contributed by atoms with E-state index in [-0.39, 0.29) is 0 Å². The van der Waals surface area contributed by atoms with Crippen LogP contribution in [0.15, 0.2) is 36.4 Å². The van der Waals surface area contributed by atoms with Gasteiger partial charge in [0.1, 0.15) is 0 Å². The van der Waals surface area contributed by atoms with Crippen LogP contribution in [0.5, 0.6) is 0 Å². The zero-order valence-corrected chi connectivity index (χ0v) is 13.5. The minimum atomic E-state index is 0.425. The van der Waals surface area contributed by atoms with Crippen LogP contribution in [0.25, 0.3) is 11.3 Å². The van der Waals surface area contributed by atoms with Crippen molar-refractivity contribution in [1.82, 2.24) is 4.98 Å². The van der Waals surface area contributed by atoms with Crippen LogP contribution < -0.4 is 4.90 Å². The molecule has 3 rings (SSSR count). The van der Waals surface area contributed by atoms with Crippen molar-refractivity contribution in [3.05, 3.63) is 47.7 Å². The van der Waals surface area contributed by atoms with Gasteiger partial charge in [0.05, 0.1) is 5.69 Å². The van der Waals surface area contributed by atoms with Crippen LogP contribution in [0.1, 0.15) is 31.5 Å². The Morgan fingerprint density at radius 2 is 1.90 bits per heavy atom. The van der Waals surface area contributed by atoms with E-state index in [0.29, 0.717) is 5.41 Å². The Kier molecular flexibility index (Phi) is 3.48. The summed E-state index contributed by atoms with van der Waals surface area (Å²) in [5.41, 5.74) is 6.38. The maximum Gasteiger partial charge on any atom is 0.0706 e. The summed E-state index contributed by atoms with van der Waals surface area (Å²) in [5, 5.41) is 0. The van der Waals surface area contributed by atoms with Gasteiger partial charge in [0.25, 0.3) is 0 Å². The Labute approximate surface area is 127 Å². The summed E-state index contributed by atoms with van der Waals surface area (Å²) in [6.45, 7) is 11.2. The van der Waals surface area contributed by atoms with E-state index in [2.05, 4.69) is 69.0 Å². The molecule has 2 aromatic rings. The zero-order valence-electron chi connectivity index (χ0n) is 13.5. The number of rotatable bonds is 2. The third-order valence-corrected chi connectivity index (χ3v) is 4.53. The summed E-state index contributed by atoms with van der Waals surface area (Å²) >= 11 is 0. The Morgan fingerprint density at radius 3 is 2.57 bits per heavy atom. The van der Waals surface area contributed by atoms with E-state index in [4.69, 9.17) is 4.98 Å². The largest absolute Gasteiger partial charge is 0.371 e. The van der Waals surface area contributed by atoms with E-state index in [1.807, 2.05) is 0 Å². The monoisotopic (exact) mass is 280 g/mol. The maximum absolute atomic E-state index is 4.72. The summed E-state index contributed by atoms with van der Waals surface area (Å²) in [6.07, 6.45) is 1.26. The zero-order chi connectivity index (χ0) is 15.0. The Balaban J connectivity index is 1.91. The molecule has 1 fully saturated rings. The lowest BCUT2D eigenvalue weighted by atomic mass is 9.93. The van der Waals surface area contributed by atoms with Crippen LogP contribution in [-0.4, -0.2) is 18.1 Å². The Morgan fingerprint density at radius 1 is 1.10 bits per heavy atom. The van der Waals surface area contributed by atoms with E-state index in [9.17, 15) is 0 Å². The van der Waals surface area contributed by atoms with Gasteiger partial charge in [0.2, 0.25) is 0 Å². The van der Waals surface area contributed by atoms with Crippen LogP contribution in [-0.2, 0) is 0 Å². The minimum Gasteiger partial charge on any atom is -0.371 e. The van der Waals surface area contributed by atoms with Gasteiger partial charge in [-0.1, -0.05) is 32.0 Å². The number of pyridine rings is 1. The molecule has 1 saturated heterocycles. The molecule has 0 radical (unpaired) electrons. The first-order chi connectivity index (χ1) is 9.94. The average Bonchev–Trinajstić information content (AvgIpc) is 2.82. The van der Waals surface area contributed by atoms with Gasteiger partial charge in [0, 0.05) is 30.0 Å². The third kappa shape index (κ3) is 2.94. The molecule has 1 aliphatic rings. The molecule has 0 spiro atoms. The summed E-state index contributed by atoms with van der Waals surface area (Å²) < 4.78 is 0. The molecule has 0 bridgehead atoms. The van der Waals surface area contributed by atoms with Crippen molar-refractivity contribution >= 4 is 5.69 Å². The highest BCUT2D eigenvalue weighted by Crippen LogP contribution is 2.33. The lowest BCUT2D eigenvalue weighted by Crippen LogP contribution is -2.22. The molecule has 2 nitrogen and oxygen atoms in total. The van der Waals surface area contributed by atoms with Crippen LogP contribution in [0.4, 0.5) is 5.69 Å². The Bertz CT molecular complexity index is 658. The van der Waals surface area contributed by atoms with Gasteiger partial charge >= 0.3 is 0 Å². The van der Waals surface area contributed by atoms with Gasteiger partial charge in [-0.2, -0.15) is 0 Å². The molecule has 1 aromatic heterocycles. The highest BCUT2D eigenvalue weighted by atomic mass is 15.2. The molecule has 0 saturated carbocycles. The quantitative estimate of drug-likeness (QED) is 0.799. The molecule has 1 aromatic carbocycles. The molecule has 0 amide bonds. The number of hydrogen-bond donors (Lipinski definition) is 0. The predicted octanol–water partition coefficient (Wildman–Crippen LogP) is 4.60. The predicted molar refractivity (Wildman–Crippen MR) is 89.8 cm³/mol. The molecular formula is C19H24N2. The maximum atomic E-state index is 4.72. The van der Waals surface area contributed by atoms with Crippen LogP contribution in [0.3, 0.4) is 0 Å². The lowest BCUT2D eigenvalue weighted by Gasteiger charge is -2.22. The van der Waals surface area contributed by atoms with Crippen molar-refractivity contribution in [2.45, 2.75) is 34.1 Å². The van der Waals surface area contributed by atoms with Crippen molar-refractivity contribution < 1.29 is 0 Å². The topological polar surface area (TPSA) is 16.1 Å². The first-order valence-electron chi connectivity index (χ1n) is 7.74. The second-order valence-corrected chi connectivity index (χ2v) is 6.98. The molecule has 110 valence electrons. The molecule has 0 atom stereocenters. The van der Waals surface area contributed by atoms with E-state index < -0.39 is 0 Å². The molecule has 0 aliphatic carbocycles. The summed E-state index contributed by atoms with van der Waals surface area (Å²) in [4.78, 5) is 7.21. The van der Waals surface area contributed by atoms with E-state index >= 15 is 0 Å². The lowest BCUT2D eigenvalue weighted by molar-refractivity contribution is 0.418. The average molecular weight is 280 g/mol. The van der Waals surface area contributed by atoms with Crippen LogP contribution >= 0.6 is 0 Å². The van der Waals surface area contributed by atoms with Gasteiger partial charge in [-0.3, -0.25) is 4.98 Å². The second kappa shape index (κ2) is 5.18. The van der Waals surface area contributed by atoms with Crippen LogP contribution in [0, 0.1) is 19.3 Å². The van der Waals surface area contributed by atoms with Gasteiger partial charge in [-0.05, 0) is 49.4 Å². The van der Waals surface area contributed by atoms with Gasteiger partial charge in [-0.15, -0.1) is 0 Å². The fourth-order valence-electron chi connectivity index (χ4n) is 2.99. The molecular weight excluding hydrogens is 256 g/mol. The fourth-order valence-corrected chi connectivity index (χ4v) is 2.99. The van der Waals surface area contributed by atoms with Crippen molar-refractivity contribution in [2.24, 2.45) is 5.41 Å². The normalized spacial score (nSPS) is 17.2. The smallest absolute Gasteiger partial charge is 0.0706 e. The highest BCUT2D eigenvalue weighted by molar-refractivity contribution is 5.66. The number of benzene rings is 1. The second-order valence-electron chi connectivity index (χ2n) is 6.98. The fraction of sp³-hybridized carbons (Fsp3) is 0.421. The van der Waals surface area contributed by atoms with E-state index in [0.717, 1.165) is 24.5 Å². The minimum absolute atomic E-state index is 0.425. The van der Waals surface area contributed by atoms with Gasteiger partial charge in [0.15, 0.2) is 0 Å². The highest BCUT2D eigenvalue weighted by Gasteiger charge is 2.29. The summed E-state index contributed by atoms with van der Waals surface area (Å²) in [5.74, 6) is 0. The molecule has 1 aliphatic heterocycles. The number of aryl methyl sites for hydroxylation is 2. The SMILES string of the molecule is Cc1ccc(-c2cccc(N3CCC(C)(C)C3)c2)nc1C. The molecule has 0 unspecified atom stereocenters. The number of aromatic nitrogens is 1. The number of hydrogen-bond acceptors (Lipinski definition) is 2.